The number of hydrogen-bond acceptors (Lipinski definition) is 6. The predicted molar refractivity (Wildman–Crippen MR) is 139 cm³/mol. The first kappa shape index (κ1) is 22.0. The number of rotatable bonds is 5. The molecule has 9 nitrogen and oxygen atoms in total. The second-order valence-corrected chi connectivity index (χ2v) is 10.1. The van der Waals surface area contributed by atoms with Gasteiger partial charge < -0.3 is 14.6 Å². The van der Waals surface area contributed by atoms with Crippen molar-refractivity contribution in [3.05, 3.63) is 42.7 Å². The lowest BCUT2D eigenvalue weighted by Crippen LogP contribution is -2.50. The molecule has 10 heteroatoms. The van der Waals surface area contributed by atoms with Crippen LogP contribution in [0.3, 0.4) is 0 Å². The molecular weight excluding hydrogens is 462 g/mol. The summed E-state index contributed by atoms with van der Waals surface area (Å²) in [5, 5.41) is 14.0. The van der Waals surface area contributed by atoms with Crippen molar-refractivity contribution in [2.45, 2.75) is 13.0 Å². The number of nitrogens with one attached hydrogen (secondary N) is 2. The van der Waals surface area contributed by atoms with Crippen LogP contribution in [0.1, 0.15) is 6.92 Å². The molecule has 180 valence electrons. The standard InChI is InChI=1S/C25H27N7O2S/c1-15(32-6-8-34-9-7-32)25(33)31(3)23-12-20-22(35-23)11-21(27-20)24-18-5-4-16(10-19(18)28-29-24)17-13-26-30(2)14-17/h4-5,10-15,27H,6-9H2,1-3H3,(H,28,29)/t15-/m0/s1. The van der Waals surface area contributed by atoms with Crippen LogP contribution in [0.15, 0.2) is 42.7 Å². The van der Waals surface area contributed by atoms with E-state index in [1.807, 2.05) is 39.5 Å². The number of nitrogens with zero attached hydrogens (tertiary/aromatic N) is 5. The van der Waals surface area contributed by atoms with E-state index >= 15 is 0 Å². The second-order valence-electron chi connectivity index (χ2n) is 9.00. The molecule has 0 bridgehead atoms. The number of benzene rings is 1. The molecule has 1 fully saturated rings. The third-order valence-corrected chi connectivity index (χ3v) is 7.92. The number of ether oxygens (including phenoxy) is 1. The van der Waals surface area contributed by atoms with E-state index in [4.69, 9.17) is 4.74 Å². The summed E-state index contributed by atoms with van der Waals surface area (Å²) in [6.45, 7) is 4.91. The lowest BCUT2D eigenvalue weighted by atomic mass is 10.1. The van der Waals surface area contributed by atoms with Crippen molar-refractivity contribution in [3.63, 3.8) is 0 Å². The number of carbonyl (C=O) groups is 1. The maximum atomic E-state index is 13.1. The van der Waals surface area contributed by atoms with Gasteiger partial charge in [0.2, 0.25) is 5.91 Å². The molecule has 5 aromatic rings. The maximum absolute atomic E-state index is 13.1. The molecule has 0 spiro atoms. The van der Waals surface area contributed by atoms with Gasteiger partial charge in [-0.05, 0) is 36.8 Å². The van der Waals surface area contributed by atoms with E-state index in [-0.39, 0.29) is 11.9 Å². The van der Waals surface area contributed by atoms with Crippen LogP contribution in [0.5, 0.6) is 0 Å². The third-order valence-electron chi connectivity index (χ3n) is 6.76. The molecule has 2 N–H and O–H groups in total. The van der Waals surface area contributed by atoms with Crippen molar-refractivity contribution in [2.75, 3.05) is 38.3 Å². The van der Waals surface area contributed by atoms with Gasteiger partial charge in [-0.15, -0.1) is 11.3 Å². The zero-order valence-electron chi connectivity index (χ0n) is 19.9. The number of likely N-dealkylation sites (N-methyl/N-ethyl adjacent to an activating group) is 1. The molecule has 0 unspecified atom stereocenters. The Bertz CT molecular complexity index is 1490. The predicted octanol–water partition coefficient (Wildman–Crippen LogP) is 3.86. The lowest BCUT2D eigenvalue weighted by molar-refractivity contribution is -0.124. The fourth-order valence-electron chi connectivity index (χ4n) is 4.69. The molecule has 1 aliphatic heterocycles. The Morgan fingerprint density at radius 3 is 2.74 bits per heavy atom. The quantitative estimate of drug-likeness (QED) is 0.391. The smallest absolute Gasteiger partial charge is 0.244 e. The van der Waals surface area contributed by atoms with Crippen molar-refractivity contribution in [1.29, 1.82) is 0 Å². The fourth-order valence-corrected chi connectivity index (χ4v) is 5.71. The molecule has 5 heterocycles. The SMILES string of the molecule is C[C@@H](C(=O)N(C)c1cc2[nH]c(-c3n[nH]c4cc(-c5cnn(C)c5)ccc34)cc2s1)N1CCOCC1. The number of hydrogen-bond donors (Lipinski definition) is 2. The molecule has 4 aromatic heterocycles. The number of aryl methyl sites for hydroxylation is 1. The summed E-state index contributed by atoms with van der Waals surface area (Å²) in [6.07, 6.45) is 3.86. The first-order chi connectivity index (χ1) is 17.0. The van der Waals surface area contributed by atoms with Gasteiger partial charge in [-0.2, -0.15) is 10.2 Å². The molecule has 1 saturated heterocycles. The van der Waals surface area contributed by atoms with E-state index in [0.29, 0.717) is 13.2 Å². The van der Waals surface area contributed by atoms with E-state index in [0.717, 1.165) is 61.7 Å². The zero-order valence-corrected chi connectivity index (χ0v) is 20.7. The fraction of sp³-hybridized carbons (Fsp3) is 0.320. The number of thiophene rings is 1. The Kier molecular flexibility index (Phi) is 5.43. The minimum absolute atomic E-state index is 0.0961. The van der Waals surface area contributed by atoms with Gasteiger partial charge >= 0.3 is 0 Å². The first-order valence-corrected chi connectivity index (χ1v) is 12.5. The van der Waals surface area contributed by atoms with Crippen LogP contribution < -0.4 is 4.90 Å². The van der Waals surface area contributed by atoms with Gasteiger partial charge in [0.15, 0.2) is 0 Å². The van der Waals surface area contributed by atoms with Gasteiger partial charge in [-0.1, -0.05) is 6.07 Å². The van der Waals surface area contributed by atoms with Crippen LogP contribution >= 0.6 is 11.3 Å². The van der Waals surface area contributed by atoms with Gasteiger partial charge in [-0.25, -0.2) is 0 Å². The van der Waals surface area contributed by atoms with Crippen LogP contribution in [-0.4, -0.2) is 75.2 Å². The monoisotopic (exact) mass is 489 g/mol. The molecule has 6 rings (SSSR count). The van der Waals surface area contributed by atoms with E-state index in [2.05, 4.69) is 49.4 Å². The summed E-state index contributed by atoms with van der Waals surface area (Å²) in [5.41, 5.74) is 5.98. The van der Waals surface area contributed by atoms with Crippen LogP contribution in [0.2, 0.25) is 0 Å². The summed E-state index contributed by atoms with van der Waals surface area (Å²) in [4.78, 5) is 20.5. The third kappa shape index (κ3) is 3.93. The molecule has 0 radical (unpaired) electrons. The van der Waals surface area contributed by atoms with Crippen LogP contribution in [0.4, 0.5) is 5.00 Å². The molecule has 1 atom stereocenters. The summed E-state index contributed by atoms with van der Waals surface area (Å²) in [5.74, 6) is 0.0961. The van der Waals surface area contributed by atoms with Crippen LogP contribution in [-0.2, 0) is 16.6 Å². The van der Waals surface area contributed by atoms with Gasteiger partial charge in [-0.3, -0.25) is 19.5 Å². The average molecular weight is 490 g/mol. The van der Waals surface area contributed by atoms with E-state index in [9.17, 15) is 4.79 Å². The van der Waals surface area contributed by atoms with Gasteiger partial charge in [0.1, 0.15) is 10.7 Å². The lowest BCUT2D eigenvalue weighted by Gasteiger charge is -2.33. The van der Waals surface area contributed by atoms with Crippen molar-refractivity contribution in [2.24, 2.45) is 7.05 Å². The highest BCUT2D eigenvalue weighted by Gasteiger charge is 2.27. The number of aromatic nitrogens is 5. The molecular formula is C25H27N7O2S. The minimum Gasteiger partial charge on any atom is -0.379 e. The molecule has 35 heavy (non-hydrogen) atoms. The normalized spacial score (nSPS) is 15.7. The molecule has 1 aliphatic rings. The van der Waals surface area contributed by atoms with Crippen molar-refractivity contribution < 1.29 is 9.53 Å². The zero-order chi connectivity index (χ0) is 24.1. The van der Waals surface area contributed by atoms with E-state index in [1.54, 1.807) is 20.9 Å². The Balaban J connectivity index is 1.24. The number of aromatic amines is 2. The molecule has 0 aliphatic carbocycles. The number of morpholine rings is 1. The van der Waals surface area contributed by atoms with Crippen molar-refractivity contribution >= 4 is 43.4 Å². The minimum atomic E-state index is -0.174. The van der Waals surface area contributed by atoms with Gasteiger partial charge in [0.05, 0.1) is 46.9 Å². The molecule has 1 aromatic carbocycles. The maximum Gasteiger partial charge on any atom is 0.244 e. The molecule has 0 saturated carbocycles. The number of fused-ring (bicyclic) bond motifs is 2. The largest absolute Gasteiger partial charge is 0.379 e. The highest BCUT2D eigenvalue weighted by atomic mass is 32.1. The van der Waals surface area contributed by atoms with Gasteiger partial charge in [0, 0.05) is 44.3 Å². The van der Waals surface area contributed by atoms with Crippen molar-refractivity contribution in [3.8, 4) is 22.5 Å². The van der Waals surface area contributed by atoms with Crippen molar-refractivity contribution in [1.82, 2.24) is 29.9 Å². The average Bonchev–Trinajstić information content (AvgIpc) is 3.65. The van der Waals surface area contributed by atoms with Gasteiger partial charge in [0.25, 0.3) is 0 Å². The summed E-state index contributed by atoms with van der Waals surface area (Å²) >= 11 is 1.61. The van der Waals surface area contributed by atoms with E-state index < -0.39 is 0 Å². The van der Waals surface area contributed by atoms with Crippen LogP contribution in [0, 0.1) is 0 Å². The Labute approximate surface area is 206 Å². The van der Waals surface area contributed by atoms with Crippen LogP contribution in [0.25, 0.3) is 43.6 Å². The summed E-state index contributed by atoms with van der Waals surface area (Å²) in [7, 11) is 3.77. The summed E-state index contributed by atoms with van der Waals surface area (Å²) < 4.78 is 8.31. The summed E-state index contributed by atoms with van der Waals surface area (Å²) in [6, 6.07) is 10.3. The number of amides is 1. The Morgan fingerprint density at radius 1 is 1.17 bits per heavy atom. The molecule has 1 amide bonds. The Hall–Kier alpha value is -3.47. The second kappa shape index (κ2) is 8.63. The number of H-pyrrole nitrogens is 2. The highest BCUT2D eigenvalue weighted by Crippen LogP contribution is 2.37. The van der Waals surface area contributed by atoms with E-state index in [1.165, 1.54) is 0 Å². The number of anilines is 1. The first-order valence-electron chi connectivity index (χ1n) is 11.7. The Morgan fingerprint density at radius 2 is 2.00 bits per heavy atom. The topological polar surface area (TPSA) is 95.1 Å². The highest BCUT2D eigenvalue weighted by molar-refractivity contribution is 7.23. The number of carbonyl (C=O) groups excluding carboxylic acids is 1.